The minimum absolute atomic E-state index is 0.186. The van der Waals surface area contributed by atoms with Gasteiger partial charge < -0.3 is 11.1 Å². The average Bonchev–Trinajstić information content (AvgIpc) is 2.82. The zero-order valence-corrected chi connectivity index (χ0v) is 9.85. The highest BCUT2D eigenvalue weighted by Crippen LogP contribution is 2.26. The summed E-state index contributed by atoms with van der Waals surface area (Å²) in [7, 11) is 0. The van der Waals surface area contributed by atoms with E-state index >= 15 is 0 Å². The Labute approximate surface area is 101 Å². The van der Waals surface area contributed by atoms with E-state index in [2.05, 4.69) is 15.3 Å². The number of hydrogen-bond donors (Lipinski definition) is 2. The van der Waals surface area contributed by atoms with Gasteiger partial charge in [0.25, 0.3) is 5.91 Å². The van der Waals surface area contributed by atoms with Gasteiger partial charge in [-0.25, -0.2) is 9.97 Å². The summed E-state index contributed by atoms with van der Waals surface area (Å²) >= 11 is 0. The lowest BCUT2D eigenvalue weighted by atomic mass is 10.0. The fourth-order valence-corrected chi connectivity index (χ4v) is 2.30. The van der Waals surface area contributed by atoms with Crippen molar-refractivity contribution in [2.24, 2.45) is 5.92 Å². The van der Waals surface area contributed by atoms with E-state index in [9.17, 15) is 4.79 Å². The summed E-state index contributed by atoms with van der Waals surface area (Å²) < 4.78 is 0. The Balaban J connectivity index is 1.79. The number of hydrogen-bond acceptors (Lipinski definition) is 4. The van der Waals surface area contributed by atoms with Crippen molar-refractivity contribution in [3.05, 3.63) is 18.1 Å². The molecule has 17 heavy (non-hydrogen) atoms. The van der Waals surface area contributed by atoms with Crippen molar-refractivity contribution >= 4 is 11.7 Å². The second-order valence-electron chi connectivity index (χ2n) is 4.49. The fourth-order valence-electron chi connectivity index (χ4n) is 2.30. The minimum Gasteiger partial charge on any atom is -0.382 e. The van der Waals surface area contributed by atoms with Gasteiger partial charge in [0, 0.05) is 18.9 Å². The summed E-state index contributed by atoms with van der Waals surface area (Å²) in [6.07, 6.45) is 9.25. The van der Waals surface area contributed by atoms with Crippen LogP contribution in [0.15, 0.2) is 12.4 Å². The zero-order chi connectivity index (χ0) is 12.1. The molecule has 0 atom stereocenters. The third-order valence-electron chi connectivity index (χ3n) is 3.25. The molecular weight excluding hydrogens is 216 g/mol. The maximum atomic E-state index is 11.7. The first kappa shape index (κ1) is 11.8. The van der Waals surface area contributed by atoms with Gasteiger partial charge >= 0.3 is 0 Å². The highest BCUT2D eigenvalue weighted by molar-refractivity contribution is 5.96. The number of nitrogens with one attached hydrogen (secondary N) is 1. The monoisotopic (exact) mass is 234 g/mol. The normalized spacial score (nSPS) is 16.0. The van der Waals surface area contributed by atoms with Crippen LogP contribution >= 0.6 is 0 Å². The molecule has 1 aromatic rings. The van der Waals surface area contributed by atoms with E-state index in [0.29, 0.717) is 6.54 Å². The number of amides is 1. The Morgan fingerprint density at radius 3 is 2.76 bits per heavy atom. The quantitative estimate of drug-likeness (QED) is 0.824. The van der Waals surface area contributed by atoms with E-state index in [1.807, 2.05) is 0 Å². The molecule has 92 valence electrons. The number of nitrogens with zero attached hydrogens (tertiary/aromatic N) is 2. The lowest BCUT2D eigenvalue weighted by molar-refractivity contribution is 0.0947. The van der Waals surface area contributed by atoms with Crippen LogP contribution in [0.25, 0.3) is 0 Å². The molecule has 1 saturated carbocycles. The van der Waals surface area contributed by atoms with Gasteiger partial charge in [-0.05, 0) is 12.3 Å². The second kappa shape index (κ2) is 5.61. The number of anilines is 1. The Hall–Kier alpha value is -1.65. The van der Waals surface area contributed by atoms with Gasteiger partial charge in [-0.1, -0.05) is 25.7 Å². The summed E-state index contributed by atoms with van der Waals surface area (Å²) in [5.41, 5.74) is 5.80. The molecule has 1 amide bonds. The van der Waals surface area contributed by atoms with Gasteiger partial charge in [0.2, 0.25) is 0 Å². The largest absolute Gasteiger partial charge is 0.382 e. The summed E-state index contributed by atoms with van der Waals surface area (Å²) in [5.74, 6) is 0.731. The maximum absolute atomic E-state index is 11.7. The predicted molar refractivity (Wildman–Crippen MR) is 65.4 cm³/mol. The van der Waals surface area contributed by atoms with E-state index < -0.39 is 0 Å². The minimum atomic E-state index is -0.228. The molecule has 2 rings (SSSR count). The molecule has 0 bridgehead atoms. The first-order valence-corrected chi connectivity index (χ1v) is 6.12. The number of rotatable bonds is 4. The van der Waals surface area contributed by atoms with Gasteiger partial charge in [0.1, 0.15) is 0 Å². The molecule has 0 unspecified atom stereocenters. The first-order valence-electron chi connectivity index (χ1n) is 6.12. The van der Waals surface area contributed by atoms with Gasteiger partial charge in [0.15, 0.2) is 11.5 Å². The molecule has 5 heteroatoms. The van der Waals surface area contributed by atoms with Crippen LogP contribution in [-0.2, 0) is 0 Å². The standard InChI is InChI=1S/C12H18N4O/c13-11-10(14-7-8-15-11)12(17)16-6-5-9-3-1-2-4-9/h7-9H,1-6H2,(H2,13,15)(H,16,17). The van der Waals surface area contributed by atoms with E-state index in [1.165, 1.54) is 38.1 Å². The van der Waals surface area contributed by atoms with Crippen molar-refractivity contribution in [3.8, 4) is 0 Å². The lowest BCUT2D eigenvalue weighted by Crippen LogP contribution is -2.27. The molecule has 5 nitrogen and oxygen atoms in total. The fraction of sp³-hybridized carbons (Fsp3) is 0.583. The summed E-state index contributed by atoms with van der Waals surface area (Å²) in [5, 5.41) is 2.85. The summed E-state index contributed by atoms with van der Waals surface area (Å²) in [6.45, 7) is 0.694. The highest BCUT2D eigenvalue weighted by atomic mass is 16.1. The van der Waals surface area contributed by atoms with Crippen LogP contribution < -0.4 is 11.1 Å². The number of nitrogens with two attached hydrogens (primary N) is 1. The number of carbonyl (C=O) groups is 1. The molecule has 0 spiro atoms. The smallest absolute Gasteiger partial charge is 0.273 e. The molecule has 1 heterocycles. The van der Waals surface area contributed by atoms with Crippen molar-refractivity contribution in [1.82, 2.24) is 15.3 Å². The van der Waals surface area contributed by atoms with Crippen LogP contribution in [0.1, 0.15) is 42.6 Å². The Morgan fingerprint density at radius 2 is 2.06 bits per heavy atom. The highest BCUT2D eigenvalue weighted by Gasteiger charge is 2.16. The van der Waals surface area contributed by atoms with Crippen LogP contribution in [0.4, 0.5) is 5.82 Å². The molecule has 0 aromatic carbocycles. The topological polar surface area (TPSA) is 80.9 Å². The van der Waals surface area contributed by atoms with E-state index in [-0.39, 0.29) is 17.4 Å². The third-order valence-corrected chi connectivity index (χ3v) is 3.25. The molecular formula is C12H18N4O. The molecule has 1 aliphatic rings. The van der Waals surface area contributed by atoms with Crippen LogP contribution in [0, 0.1) is 5.92 Å². The van der Waals surface area contributed by atoms with Crippen molar-refractivity contribution < 1.29 is 4.79 Å². The first-order chi connectivity index (χ1) is 8.27. The Kier molecular flexibility index (Phi) is 3.90. The SMILES string of the molecule is Nc1nccnc1C(=O)NCCC1CCCC1. The molecule has 0 saturated heterocycles. The predicted octanol–water partition coefficient (Wildman–Crippen LogP) is 1.37. The number of nitrogen functional groups attached to an aromatic ring is 1. The number of aromatic nitrogens is 2. The average molecular weight is 234 g/mol. The second-order valence-corrected chi connectivity index (χ2v) is 4.49. The van der Waals surface area contributed by atoms with E-state index in [0.717, 1.165) is 12.3 Å². The van der Waals surface area contributed by atoms with Crippen LogP contribution in [-0.4, -0.2) is 22.4 Å². The van der Waals surface area contributed by atoms with Crippen LogP contribution in [0.2, 0.25) is 0 Å². The Morgan fingerprint density at radius 1 is 1.35 bits per heavy atom. The Bertz CT molecular complexity index is 388. The van der Waals surface area contributed by atoms with Crippen LogP contribution in [0.5, 0.6) is 0 Å². The van der Waals surface area contributed by atoms with Crippen molar-refractivity contribution in [1.29, 1.82) is 0 Å². The molecule has 0 aliphatic heterocycles. The summed E-state index contributed by atoms with van der Waals surface area (Å²) in [6, 6.07) is 0. The van der Waals surface area contributed by atoms with Crippen molar-refractivity contribution in [3.63, 3.8) is 0 Å². The third kappa shape index (κ3) is 3.15. The molecule has 3 N–H and O–H groups in total. The van der Waals surface area contributed by atoms with E-state index in [1.54, 1.807) is 0 Å². The van der Waals surface area contributed by atoms with Gasteiger partial charge in [-0.3, -0.25) is 4.79 Å². The van der Waals surface area contributed by atoms with Crippen molar-refractivity contribution in [2.75, 3.05) is 12.3 Å². The van der Waals surface area contributed by atoms with E-state index in [4.69, 9.17) is 5.73 Å². The molecule has 1 aliphatic carbocycles. The zero-order valence-electron chi connectivity index (χ0n) is 9.85. The maximum Gasteiger partial charge on any atom is 0.273 e. The molecule has 0 radical (unpaired) electrons. The van der Waals surface area contributed by atoms with Crippen LogP contribution in [0.3, 0.4) is 0 Å². The molecule has 1 fully saturated rings. The van der Waals surface area contributed by atoms with Gasteiger partial charge in [-0.15, -0.1) is 0 Å². The molecule has 1 aromatic heterocycles. The van der Waals surface area contributed by atoms with Gasteiger partial charge in [0.05, 0.1) is 0 Å². The lowest BCUT2D eigenvalue weighted by Gasteiger charge is -2.09. The van der Waals surface area contributed by atoms with Gasteiger partial charge in [-0.2, -0.15) is 0 Å². The van der Waals surface area contributed by atoms with Crippen molar-refractivity contribution in [2.45, 2.75) is 32.1 Å². The number of carbonyl (C=O) groups excluding carboxylic acids is 1. The summed E-state index contributed by atoms with van der Waals surface area (Å²) in [4.78, 5) is 19.5.